The number of hydrogen-bond donors (Lipinski definition) is 0. The van der Waals surface area contributed by atoms with E-state index in [0.29, 0.717) is 0 Å². The van der Waals surface area contributed by atoms with Gasteiger partial charge >= 0.3 is 0 Å². The predicted molar refractivity (Wildman–Crippen MR) is 46.9 cm³/mol. The lowest BCUT2D eigenvalue weighted by Gasteiger charge is -2.02. The van der Waals surface area contributed by atoms with Crippen molar-refractivity contribution in [3.8, 4) is 0 Å². The van der Waals surface area contributed by atoms with Crippen molar-refractivity contribution in [2.75, 3.05) is 0 Å². The van der Waals surface area contributed by atoms with Crippen LogP contribution in [0.25, 0.3) is 0 Å². The second-order valence-electron chi connectivity index (χ2n) is 1.93. The Balaban J connectivity index is 3.23. The molecular formula is C6H2ClF3IN. The van der Waals surface area contributed by atoms with E-state index >= 15 is 0 Å². The van der Waals surface area contributed by atoms with Gasteiger partial charge in [-0.1, -0.05) is 11.6 Å². The fraction of sp³-hybridized carbons (Fsp3) is 0.167. The summed E-state index contributed by atoms with van der Waals surface area (Å²) in [7, 11) is 0. The van der Waals surface area contributed by atoms with E-state index in [9.17, 15) is 13.2 Å². The first-order chi connectivity index (χ1) is 5.52. The van der Waals surface area contributed by atoms with Gasteiger partial charge in [-0.05, 0) is 28.7 Å². The second-order valence-corrected chi connectivity index (χ2v) is 3.45. The average molecular weight is 307 g/mol. The molecule has 0 bridgehead atoms. The van der Waals surface area contributed by atoms with Crippen LogP contribution in [0.3, 0.4) is 0 Å². The molecule has 1 rings (SSSR count). The van der Waals surface area contributed by atoms with Crippen LogP contribution in [0.5, 0.6) is 0 Å². The molecule has 12 heavy (non-hydrogen) atoms. The smallest absolute Gasteiger partial charge is 0.231 e. The number of halogens is 5. The Bertz CT molecular complexity index is 305. The van der Waals surface area contributed by atoms with Crippen LogP contribution in [0.15, 0.2) is 6.07 Å². The Hall–Kier alpha value is -0.0400. The summed E-state index contributed by atoms with van der Waals surface area (Å²) >= 11 is 6.78. The Morgan fingerprint density at radius 1 is 1.50 bits per heavy atom. The molecule has 6 heteroatoms. The van der Waals surface area contributed by atoms with Gasteiger partial charge in [0.15, 0.2) is 11.0 Å². The molecule has 0 aromatic carbocycles. The van der Waals surface area contributed by atoms with Crippen molar-refractivity contribution in [3.63, 3.8) is 0 Å². The van der Waals surface area contributed by atoms with Crippen LogP contribution in [0.4, 0.5) is 13.2 Å². The summed E-state index contributed by atoms with van der Waals surface area (Å²) in [4.78, 5) is 3.20. The molecule has 0 aliphatic rings. The van der Waals surface area contributed by atoms with Crippen LogP contribution in [0.2, 0.25) is 5.15 Å². The third-order valence-corrected chi connectivity index (χ3v) is 2.25. The first kappa shape index (κ1) is 10.0. The van der Waals surface area contributed by atoms with E-state index in [0.717, 1.165) is 6.07 Å². The SMILES string of the molecule is Fc1cc(I)c(C(F)F)nc1Cl. The lowest BCUT2D eigenvalue weighted by molar-refractivity contribution is 0.145. The van der Waals surface area contributed by atoms with Crippen molar-refractivity contribution in [3.05, 3.63) is 26.3 Å². The molecular weight excluding hydrogens is 305 g/mol. The Kier molecular flexibility index (Phi) is 3.16. The average Bonchev–Trinajstić information content (AvgIpc) is 1.96. The highest BCUT2D eigenvalue weighted by molar-refractivity contribution is 14.1. The van der Waals surface area contributed by atoms with E-state index in [1.807, 2.05) is 0 Å². The van der Waals surface area contributed by atoms with Crippen molar-refractivity contribution in [2.45, 2.75) is 6.43 Å². The molecule has 0 saturated carbocycles. The monoisotopic (exact) mass is 307 g/mol. The summed E-state index contributed by atoms with van der Waals surface area (Å²) in [6.07, 6.45) is -2.73. The number of pyridine rings is 1. The number of rotatable bonds is 1. The van der Waals surface area contributed by atoms with Gasteiger partial charge in [-0.15, -0.1) is 0 Å². The predicted octanol–water partition coefficient (Wildman–Crippen LogP) is 3.42. The Morgan fingerprint density at radius 3 is 2.58 bits per heavy atom. The molecule has 1 aromatic rings. The summed E-state index contributed by atoms with van der Waals surface area (Å²) < 4.78 is 36.8. The summed E-state index contributed by atoms with van der Waals surface area (Å²) in [6, 6.07) is 0.928. The summed E-state index contributed by atoms with van der Waals surface area (Å²) in [6.45, 7) is 0. The van der Waals surface area contributed by atoms with Gasteiger partial charge in [-0.2, -0.15) is 0 Å². The van der Waals surface area contributed by atoms with E-state index < -0.39 is 23.1 Å². The van der Waals surface area contributed by atoms with Crippen molar-refractivity contribution >= 4 is 34.2 Å². The number of alkyl halides is 2. The fourth-order valence-electron chi connectivity index (χ4n) is 0.610. The van der Waals surface area contributed by atoms with Gasteiger partial charge in [0, 0.05) is 3.57 Å². The van der Waals surface area contributed by atoms with Crippen molar-refractivity contribution in [1.29, 1.82) is 0 Å². The maximum absolute atomic E-state index is 12.6. The molecule has 0 saturated heterocycles. The molecule has 0 aliphatic carbocycles. The van der Waals surface area contributed by atoms with Crippen LogP contribution in [-0.4, -0.2) is 4.98 Å². The van der Waals surface area contributed by atoms with E-state index in [4.69, 9.17) is 11.6 Å². The van der Waals surface area contributed by atoms with Gasteiger partial charge in [0.05, 0.1) is 0 Å². The minimum atomic E-state index is -2.73. The quantitative estimate of drug-likeness (QED) is 0.572. The molecule has 1 aromatic heterocycles. The topological polar surface area (TPSA) is 12.9 Å². The highest BCUT2D eigenvalue weighted by Crippen LogP contribution is 2.25. The highest BCUT2D eigenvalue weighted by Gasteiger charge is 2.16. The van der Waals surface area contributed by atoms with Gasteiger partial charge in [0.2, 0.25) is 0 Å². The Labute approximate surface area is 85.1 Å². The molecule has 0 aliphatic heterocycles. The van der Waals surface area contributed by atoms with Gasteiger partial charge in [-0.3, -0.25) is 0 Å². The maximum Gasteiger partial charge on any atom is 0.281 e. The third kappa shape index (κ3) is 2.01. The van der Waals surface area contributed by atoms with E-state index in [1.165, 1.54) is 0 Å². The van der Waals surface area contributed by atoms with Crippen LogP contribution in [-0.2, 0) is 0 Å². The molecule has 0 atom stereocenters. The summed E-state index contributed by atoms with van der Waals surface area (Å²) in [5, 5.41) is -0.522. The van der Waals surface area contributed by atoms with Gasteiger partial charge < -0.3 is 0 Å². The second kappa shape index (κ2) is 3.78. The normalized spacial score (nSPS) is 10.8. The van der Waals surface area contributed by atoms with Crippen LogP contribution >= 0.6 is 34.2 Å². The number of nitrogens with zero attached hydrogens (tertiary/aromatic N) is 1. The first-order valence-electron chi connectivity index (χ1n) is 2.82. The molecule has 1 heterocycles. The molecule has 0 amide bonds. The van der Waals surface area contributed by atoms with Crippen molar-refractivity contribution in [1.82, 2.24) is 4.98 Å². The molecule has 66 valence electrons. The van der Waals surface area contributed by atoms with E-state index in [1.54, 1.807) is 22.6 Å². The van der Waals surface area contributed by atoms with Crippen molar-refractivity contribution < 1.29 is 13.2 Å². The fourth-order valence-corrected chi connectivity index (χ4v) is 1.39. The third-order valence-electron chi connectivity index (χ3n) is 1.12. The van der Waals surface area contributed by atoms with Crippen LogP contribution < -0.4 is 0 Å². The molecule has 0 unspecified atom stereocenters. The standard InChI is InChI=1S/C6H2ClF3IN/c7-5-2(8)1-3(11)4(12-5)6(9)10/h1,6H. The number of hydrogen-bond acceptors (Lipinski definition) is 1. The molecule has 0 N–H and O–H groups in total. The van der Waals surface area contributed by atoms with Crippen LogP contribution in [0, 0.1) is 9.39 Å². The zero-order chi connectivity index (χ0) is 9.30. The van der Waals surface area contributed by atoms with Gasteiger partial charge in [-0.25, -0.2) is 18.2 Å². The highest BCUT2D eigenvalue weighted by atomic mass is 127. The summed E-state index contributed by atoms with van der Waals surface area (Å²) in [5.74, 6) is -0.787. The first-order valence-corrected chi connectivity index (χ1v) is 4.27. The lowest BCUT2D eigenvalue weighted by atomic mass is 10.3. The summed E-state index contributed by atoms with van der Waals surface area (Å²) in [5.41, 5.74) is -0.484. The zero-order valence-corrected chi connectivity index (χ0v) is 8.41. The Morgan fingerprint density at radius 2 is 2.08 bits per heavy atom. The maximum atomic E-state index is 12.6. The number of aromatic nitrogens is 1. The molecule has 0 spiro atoms. The minimum absolute atomic E-state index is 0.0736. The molecule has 0 fully saturated rings. The van der Waals surface area contributed by atoms with Crippen LogP contribution in [0.1, 0.15) is 12.1 Å². The molecule has 0 radical (unpaired) electrons. The zero-order valence-electron chi connectivity index (χ0n) is 5.49. The van der Waals surface area contributed by atoms with Gasteiger partial charge in [0.25, 0.3) is 6.43 Å². The lowest BCUT2D eigenvalue weighted by Crippen LogP contribution is -1.96. The van der Waals surface area contributed by atoms with E-state index in [-0.39, 0.29) is 3.57 Å². The van der Waals surface area contributed by atoms with Gasteiger partial charge in [0.1, 0.15) is 5.69 Å². The largest absolute Gasteiger partial charge is 0.281 e. The van der Waals surface area contributed by atoms with Crippen molar-refractivity contribution in [2.24, 2.45) is 0 Å². The molecule has 1 nitrogen and oxygen atoms in total. The minimum Gasteiger partial charge on any atom is -0.231 e. The van der Waals surface area contributed by atoms with E-state index in [2.05, 4.69) is 4.98 Å².